The highest BCUT2D eigenvalue weighted by atomic mass is 16.5. The number of benzene rings is 3. The maximum atomic E-state index is 13.0. The van der Waals surface area contributed by atoms with Crippen molar-refractivity contribution in [1.29, 1.82) is 0 Å². The molecular formula is C25H21N3O2. The molecule has 0 unspecified atom stereocenters. The van der Waals surface area contributed by atoms with E-state index in [0.29, 0.717) is 12.2 Å². The number of para-hydroxylation sites is 2. The van der Waals surface area contributed by atoms with Gasteiger partial charge in [0.15, 0.2) is 0 Å². The van der Waals surface area contributed by atoms with Gasteiger partial charge >= 0.3 is 0 Å². The minimum absolute atomic E-state index is 0.295. The summed E-state index contributed by atoms with van der Waals surface area (Å²) in [7, 11) is 0. The number of carbonyl (C=O) groups is 1. The highest BCUT2D eigenvalue weighted by Crippen LogP contribution is 2.24. The number of ether oxygens (including phenoxy) is 1. The largest absolute Gasteiger partial charge is 0.493 e. The lowest BCUT2D eigenvalue weighted by Gasteiger charge is -2.09. The lowest BCUT2D eigenvalue weighted by molar-refractivity contribution is 0.0956. The molecule has 1 amide bonds. The van der Waals surface area contributed by atoms with Crippen molar-refractivity contribution < 1.29 is 9.53 Å². The number of carbonyl (C=O) groups excluding carboxylic acids is 1. The first-order valence-electron chi connectivity index (χ1n) is 9.76. The van der Waals surface area contributed by atoms with E-state index >= 15 is 0 Å². The average molecular weight is 395 g/mol. The van der Waals surface area contributed by atoms with E-state index in [2.05, 4.69) is 10.5 Å². The lowest BCUT2D eigenvalue weighted by atomic mass is 10.0. The van der Waals surface area contributed by atoms with Gasteiger partial charge in [0.1, 0.15) is 5.75 Å². The maximum Gasteiger partial charge on any atom is 0.272 e. The molecule has 3 aromatic carbocycles. The fraction of sp³-hybridized carbons (Fsp3) is 0.0800. The number of nitrogens with one attached hydrogen (secondary N) is 1. The minimum atomic E-state index is -0.295. The summed E-state index contributed by atoms with van der Waals surface area (Å²) >= 11 is 0. The molecule has 4 rings (SSSR count). The molecule has 0 aliphatic heterocycles. The molecule has 0 spiro atoms. The van der Waals surface area contributed by atoms with Crippen LogP contribution in [-0.2, 0) is 0 Å². The van der Waals surface area contributed by atoms with Crippen molar-refractivity contribution in [1.82, 2.24) is 10.4 Å². The third-order valence-corrected chi connectivity index (χ3v) is 4.62. The summed E-state index contributed by atoms with van der Waals surface area (Å²) in [5.74, 6) is 0.426. The van der Waals surface area contributed by atoms with Crippen molar-refractivity contribution in [2.45, 2.75) is 6.92 Å². The summed E-state index contributed by atoms with van der Waals surface area (Å²) < 4.78 is 5.59. The van der Waals surface area contributed by atoms with Gasteiger partial charge in [-0.25, -0.2) is 10.4 Å². The molecule has 1 aromatic heterocycles. The van der Waals surface area contributed by atoms with Crippen molar-refractivity contribution in [3.63, 3.8) is 0 Å². The van der Waals surface area contributed by atoms with Gasteiger partial charge in [0.05, 0.1) is 29.6 Å². The summed E-state index contributed by atoms with van der Waals surface area (Å²) in [5.41, 5.74) is 6.40. The fourth-order valence-electron chi connectivity index (χ4n) is 3.21. The number of rotatable bonds is 6. The Morgan fingerprint density at radius 1 is 1.00 bits per heavy atom. The standard InChI is InChI=1S/C25H21N3O2/c1-2-30-24-15-9-6-12-19(24)17-26-28-25(29)21-16-23(18-10-4-3-5-11-18)27-22-14-8-7-13-20(21)22/h3-17H,2H2,1H3,(H,28,29). The molecule has 30 heavy (non-hydrogen) atoms. The Morgan fingerprint density at radius 3 is 2.57 bits per heavy atom. The van der Waals surface area contributed by atoms with Crippen LogP contribution in [-0.4, -0.2) is 23.7 Å². The molecule has 4 aromatic rings. The normalized spacial score (nSPS) is 11.0. The summed E-state index contributed by atoms with van der Waals surface area (Å²) in [5, 5.41) is 4.92. The monoisotopic (exact) mass is 395 g/mol. The van der Waals surface area contributed by atoms with Crippen LogP contribution in [0.1, 0.15) is 22.8 Å². The second-order valence-electron chi connectivity index (χ2n) is 6.61. The quantitative estimate of drug-likeness (QED) is 0.366. The Morgan fingerprint density at radius 2 is 1.73 bits per heavy atom. The molecule has 5 nitrogen and oxygen atoms in total. The first-order chi connectivity index (χ1) is 14.8. The van der Waals surface area contributed by atoms with Crippen LogP contribution in [0.3, 0.4) is 0 Å². The van der Waals surface area contributed by atoms with Crippen molar-refractivity contribution in [2.75, 3.05) is 6.61 Å². The zero-order valence-electron chi connectivity index (χ0n) is 16.6. The van der Waals surface area contributed by atoms with Gasteiger partial charge in [-0.15, -0.1) is 0 Å². The van der Waals surface area contributed by atoms with Gasteiger partial charge in [0.25, 0.3) is 5.91 Å². The second kappa shape index (κ2) is 9.01. The highest BCUT2D eigenvalue weighted by Gasteiger charge is 2.13. The predicted octanol–water partition coefficient (Wildman–Crippen LogP) is 5.06. The zero-order valence-corrected chi connectivity index (χ0v) is 16.6. The number of nitrogens with zero attached hydrogens (tertiary/aromatic N) is 2. The summed E-state index contributed by atoms with van der Waals surface area (Å²) in [6.07, 6.45) is 1.59. The first kappa shape index (κ1) is 19.3. The smallest absolute Gasteiger partial charge is 0.272 e. The minimum Gasteiger partial charge on any atom is -0.493 e. The van der Waals surface area contributed by atoms with Gasteiger partial charge in [-0.2, -0.15) is 5.10 Å². The highest BCUT2D eigenvalue weighted by molar-refractivity contribution is 6.07. The Labute approximate surface area is 175 Å². The fourth-order valence-corrected chi connectivity index (χ4v) is 3.21. The van der Waals surface area contributed by atoms with Crippen LogP contribution in [0.2, 0.25) is 0 Å². The molecule has 0 aliphatic rings. The summed E-state index contributed by atoms with van der Waals surface area (Å²) in [6, 6.07) is 26.7. The lowest BCUT2D eigenvalue weighted by Crippen LogP contribution is -2.18. The second-order valence-corrected chi connectivity index (χ2v) is 6.61. The Bertz CT molecular complexity index is 1200. The van der Waals surface area contributed by atoms with E-state index in [1.807, 2.05) is 85.8 Å². The zero-order chi connectivity index (χ0) is 20.8. The van der Waals surface area contributed by atoms with E-state index in [1.54, 1.807) is 12.3 Å². The molecule has 1 heterocycles. The number of pyridine rings is 1. The van der Waals surface area contributed by atoms with Crippen LogP contribution in [0.15, 0.2) is 90.0 Å². The molecule has 148 valence electrons. The molecule has 0 bridgehead atoms. The topological polar surface area (TPSA) is 63.6 Å². The SMILES string of the molecule is CCOc1ccccc1C=NNC(=O)c1cc(-c2ccccc2)nc2ccccc12. The first-order valence-corrected chi connectivity index (χ1v) is 9.76. The molecule has 5 heteroatoms. The molecular weight excluding hydrogens is 374 g/mol. The van der Waals surface area contributed by atoms with Crippen molar-refractivity contribution >= 4 is 23.0 Å². The van der Waals surface area contributed by atoms with Gasteiger partial charge in [0.2, 0.25) is 0 Å². The number of hydrazone groups is 1. The number of hydrogen-bond donors (Lipinski definition) is 1. The number of hydrogen-bond acceptors (Lipinski definition) is 4. The van der Waals surface area contributed by atoms with Crippen molar-refractivity contribution in [3.8, 4) is 17.0 Å². The number of aromatic nitrogens is 1. The van der Waals surface area contributed by atoms with Gasteiger partial charge in [0, 0.05) is 16.5 Å². The van der Waals surface area contributed by atoms with E-state index < -0.39 is 0 Å². The van der Waals surface area contributed by atoms with Gasteiger partial charge in [-0.1, -0.05) is 60.7 Å². The third-order valence-electron chi connectivity index (χ3n) is 4.62. The van der Waals surface area contributed by atoms with Crippen LogP contribution in [0.5, 0.6) is 5.75 Å². The van der Waals surface area contributed by atoms with Crippen molar-refractivity contribution in [2.24, 2.45) is 5.10 Å². The van der Waals surface area contributed by atoms with Gasteiger partial charge in [-0.3, -0.25) is 4.79 Å². The van der Waals surface area contributed by atoms with Crippen molar-refractivity contribution in [3.05, 3.63) is 96.1 Å². The van der Waals surface area contributed by atoms with E-state index in [-0.39, 0.29) is 5.91 Å². The van der Waals surface area contributed by atoms with Crippen LogP contribution >= 0.6 is 0 Å². The van der Waals surface area contributed by atoms with Crippen LogP contribution in [0.4, 0.5) is 0 Å². The molecule has 1 N–H and O–H groups in total. The molecule has 0 radical (unpaired) electrons. The van der Waals surface area contributed by atoms with Gasteiger partial charge in [-0.05, 0) is 31.2 Å². The molecule has 0 atom stereocenters. The molecule has 0 saturated carbocycles. The van der Waals surface area contributed by atoms with E-state index in [0.717, 1.165) is 33.5 Å². The van der Waals surface area contributed by atoms with Crippen LogP contribution in [0.25, 0.3) is 22.2 Å². The van der Waals surface area contributed by atoms with Crippen LogP contribution < -0.4 is 10.2 Å². The number of fused-ring (bicyclic) bond motifs is 1. The van der Waals surface area contributed by atoms with Gasteiger partial charge < -0.3 is 4.74 Å². The molecule has 0 saturated heterocycles. The summed E-state index contributed by atoms with van der Waals surface area (Å²) in [4.78, 5) is 17.7. The molecule has 0 aliphatic carbocycles. The maximum absolute atomic E-state index is 13.0. The average Bonchev–Trinajstić information content (AvgIpc) is 2.80. The Kier molecular flexibility index (Phi) is 5.80. The van der Waals surface area contributed by atoms with E-state index in [4.69, 9.17) is 9.72 Å². The molecule has 0 fully saturated rings. The predicted molar refractivity (Wildman–Crippen MR) is 120 cm³/mol. The Hall–Kier alpha value is -3.99. The van der Waals surface area contributed by atoms with Crippen LogP contribution in [0, 0.1) is 0 Å². The van der Waals surface area contributed by atoms with E-state index in [9.17, 15) is 4.79 Å². The van der Waals surface area contributed by atoms with E-state index in [1.165, 1.54) is 0 Å². The third kappa shape index (κ3) is 4.20. The number of amides is 1. The Balaban J connectivity index is 1.65. The summed E-state index contributed by atoms with van der Waals surface area (Å²) in [6.45, 7) is 2.48.